The van der Waals surface area contributed by atoms with Crippen LogP contribution in [-0.2, 0) is 16.0 Å². The van der Waals surface area contributed by atoms with Crippen LogP contribution in [0.4, 0.5) is 0 Å². The van der Waals surface area contributed by atoms with Crippen molar-refractivity contribution >= 4 is 28.6 Å². The Morgan fingerprint density at radius 1 is 1.40 bits per heavy atom. The van der Waals surface area contributed by atoms with Gasteiger partial charge < -0.3 is 9.47 Å². The highest BCUT2D eigenvalue weighted by Gasteiger charge is 2.06. The van der Waals surface area contributed by atoms with Crippen LogP contribution in [0.1, 0.15) is 12.0 Å². The molecule has 4 heteroatoms. The highest BCUT2D eigenvalue weighted by atomic mass is 127. The molecule has 0 spiro atoms. The van der Waals surface area contributed by atoms with Crippen molar-refractivity contribution in [1.82, 2.24) is 0 Å². The first-order chi connectivity index (χ1) is 7.17. The molecule has 0 aliphatic heterocycles. The summed E-state index contributed by atoms with van der Waals surface area (Å²) in [6.07, 6.45) is 1.03. The molecule has 0 bridgehead atoms. The van der Waals surface area contributed by atoms with Crippen molar-refractivity contribution in [3.63, 3.8) is 0 Å². The molecule has 0 heterocycles. The number of esters is 1. The fourth-order valence-corrected chi connectivity index (χ4v) is 1.84. The molecule has 1 aromatic carbocycles. The van der Waals surface area contributed by atoms with Gasteiger partial charge >= 0.3 is 5.97 Å². The summed E-state index contributed by atoms with van der Waals surface area (Å²) >= 11 is 2.23. The van der Waals surface area contributed by atoms with Crippen LogP contribution in [0.15, 0.2) is 18.2 Å². The van der Waals surface area contributed by atoms with E-state index in [1.807, 2.05) is 18.2 Å². The third-order valence-electron chi connectivity index (χ3n) is 2.07. The minimum Gasteiger partial charge on any atom is -0.496 e. The van der Waals surface area contributed by atoms with E-state index in [2.05, 4.69) is 27.3 Å². The number of hydrogen-bond acceptors (Lipinski definition) is 3. The van der Waals surface area contributed by atoms with Gasteiger partial charge in [-0.1, -0.05) is 0 Å². The van der Waals surface area contributed by atoms with E-state index in [4.69, 9.17) is 4.74 Å². The maximum Gasteiger partial charge on any atom is 0.305 e. The van der Waals surface area contributed by atoms with Crippen molar-refractivity contribution in [3.8, 4) is 5.75 Å². The molecular weight excluding hydrogens is 307 g/mol. The summed E-state index contributed by atoms with van der Waals surface area (Å²) in [5.41, 5.74) is 1.04. The van der Waals surface area contributed by atoms with E-state index in [9.17, 15) is 4.79 Å². The van der Waals surface area contributed by atoms with E-state index in [1.54, 1.807) is 7.11 Å². The first kappa shape index (κ1) is 12.3. The Morgan fingerprint density at radius 3 is 2.73 bits per heavy atom. The van der Waals surface area contributed by atoms with Gasteiger partial charge in [0.05, 0.1) is 14.2 Å². The third kappa shape index (κ3) is 3.70. The molecule has 0 amide bonds. The molecule has 0 aromatic heterocycles. The van der Waals surface area contributed by atoms with Crippen LogP contribution in [0.3, 0.4) is 0 Å². The summed E-state index contributed by atoms with van der Waals surface area (Å²) in [5, 5.41) is 0. The first-order valence-electron chi connectivity index (χ1n) is 4.56. The summed E-state index contributed by atoms with van der Waals surface area (Å²) in [6.45, 7) is 0. The van der Waals surface area contributed by atoms with Crippen LogP contribution < -0.4 is 4.74 Å². The van der Waals surface area contributed by atoms with Crippen molar-refractivity contribution in [3.05, 3.63) is 27.3 Å². The van der Waals surface area contributed by atoms with Gasteiger partial charge in [-0.15, -0.1) is 0 Å². The number of ether oxygens (including phenoxy) is 2. The van der Waals surface area contributed by atoms with Crippen LogP contribution >= 0.6 is 22.6 Å². The van der Waals surface area contributed by atoms with Gasteiger partial charge in [0.1, 0.15) is 5.75 Å². The fraction of sp³-hybridized carbons (Fsp3) is 0.364. The van der Waals surface area contributed by atoms with E-state index in [-0.39, 0.29) is 5.97 Å². The largest absolute Gasteiger partial charge is 0.496 e. The molecular formula is C11H13IO3. The van der Waals surface area contributed by atoms with Gasteiger partial charge in [-0.2, -0.15) is 0 Å². The van der Waals surface area contributed by atoms with Crippen molar-refractivity contribution < 1.29 is 14.3 Å². The number of benzene rings is 1. The van der Waals surface area contributed by atoms with Gasteiger partial charge in [-0.3, -0.25) is 4.79 Å². The summed E-state index contributed by atoms with van der Waals surface area (Å²) < 4.78 is 10.9. The second kappa shape index (κ2) is 5.95. The van der Waals surface area contributed by atoms with E-state index < -0.39 is 0 Å². The monoisotopic (exact) mass is 320 g/mol. The number of carbonyl (C=O) groups excluding carboxylic acids is 1. The lowest BCUT2D eigenvalue weighted by atomic mass is 10.1. The molecule has 0 fully saturated rings. The van der Waals surface area contributed by atoms with Gasteiger partial charge in [-0.05, 0) is 52.8 Å². The molecule has 0 saturated heterocycles. The summed E-state index contributed by atoms with van der Waals surface area (Å²) in [5.74, 6) is 0.621. The molecule has 0 unspecified atom stereocenters. The molecule has 0 N–H and O–H groups in total. The van der Waals surface area contributed by atoms with Crippen LogP contribution in [0.25, 0.3) is 0 Å². The Bertz CT molecular complexity index is 350. The number of carbonyl (C=O) groups is 1. The van der Waals surface area contributed by atoms with Gasteiger partial charge in [0.15, 0.2) is 0 Å². The van der Waals surface area contributed by atoms with Gasteiger partial charge in [0.2, 0.25) is 0 Å². The second-order valence-corrected chi connectivity index (χ2v) is 4.28. The molecule has 82 valence electrons. The van der Waals surface area contributed by atoms with E-state index in [0.717, 1.165) is 14.9 Å². The predicted molar refractivity (Wildman–Crippen MR) is 66.0 cm³/mol. The zero-order valence-corrected chi connectivity index (χ0v) is 10.9. The lowest BCUT2D eigenvalue weighted by Crippen LogP contribution is -2.03. The Morgan fingerprint density at radius 2 is 2.13 bits per heavy atom. The Labute approximate surface area is 103 Å². The first-order valence-corrected chi connectivity index (χ1v) is 5.64. The second-order valence-electron chi connectivity index (χ2n) is 3.03. The Balaban J connectivity index is 2.74. The van der Waals surface area contributed by atoms with Crippen molar-refractivity contribution in [2.75, 3.05) is 14.2 Å². The molecule has 3 nitrogen and oxygen atoms in total. The number of rotatable bonds is 4. The van der Waals surface area contributed by atoms with Gasteiger partial charge in [-0.25, -0.2) is 0 Å². The average molecular weight is 320 g/mol. The molecule has 0 aliphatic rings. The van der Waals surface area contributed by atoms with Crippen molar-refractivity contribution in [2.45, 2.75) is 12.8 Å². The Kier molecular flexibility index (Phi) is 4.87. The SMILES string of the molecule is COC(=O)CCc1cc(I)ccc1OC. The molecule has 0 atom stereocenters. The lowest BCUT2D eigenvalue weighted by Gasteiger charge is -2.08. The maximum absolute atomic E-state index is 11.0. The van der Waals surface area contributed by atoms with Crippen LogP contribution in [0, 0.1) is 3.57 Å². The molecule has 0 aliphatic carbocycles. The molecule has 1 aromatic rings. The Hall–Kier alpha value is -0.780. The van der Waals surface area contributed by atoms with Crippen LogP contribution in [-0.4, -0.2) is 20.2 Å². The standard InChI is InChI=1S/C11H13IO3/c1-14-10-5-4-9(12)7-8(10)3-6-11(13)15-2/h4-5,7H,3,6H2,1-2H3. The molecule has 0 radical (unpaired) electrons. The topological polar surface area (TPSA) is 35.5 Å². The van der Waals surface area contributed by atoms with E-state index >= 15 is 0 Å². The fourth-order valence-electron chi connectivity index (χ4n) is 1.28. The smallest absolute Gasteiger partial charge is 0.305 e. The average Bonchev–Trinajstić information content (AvgIpc) is 2.26. The van der Waals surface area contributed by atoms with Crippen LogP contribution in [0.2, 0.25) is 0 Å². The van der Waals surface area contributed by atoms with E-state index in [0.29, 0.717) is 12.8 Å². The van der Waals surface area contributed by atoms with Crippen molar-refractivity contribution in [2.24, 2.45) is 0 Å². The zero-order chi connectivity index (χ0) is 11.3. The summed E-state index contributed by atoms with van der Waals surface area (Å²) in [4.78, 5) is 11.0. The molecule has 15 heavy (non-hydrogen) atoms. The summed E-state index contributed by atoms with van der Waals surface area (Å²) in [6, 6.07) is 5.90. The molecule has 1 rings (SSSR count). The highest BCUT2D eigenvalue weighted by molar-refractivity contribution is 14.1. The van der Waals surface area contributed by atoms with E-state index in [1.165, 1.54) is 7.11 Å². The van der Waals surface area contributed by atoms with Crippen molar-refractivity contribution in [1.29, 1.82) is 0 Å². The van der Waals surface area contributed by atoms with Crippen LogP contribution in [0.5, 0.6) is 5.75 Å². The van der Waals surface area contributed by atoms with Gasteiger partial charge in [0.25, 0.3) is 0 Å². The maximum atomic E-state index is 11.0. The number of hydrogen-bond donors (Lipinski definition) is 0. The predicted octanol–water partition coefficient (Wildman–Crippen LogP) is 2.41. The number of halogens is 1. The highest BCUT2D eigenvalue weighted by Crippen LogP contribution is 2.22. The minimum absolute atomic E-state index is 0.198. The summed E-state index contributed by atoms with van der Waals surface area (Å²) in [7, 11) is 3.03. The normalized spacial score (nSPS) is 9.80. The molecule has 0 saturated carbocycles. The number of aryl methyl sites for hydroxylation is 1. The zero-order valence-electron chi connectivity index (χ0n) is 8.75. The third-order valence-corrected chi connectivity index (χ3v) is 2.74. The van der Waals surface area contributed by atoms with Gasteiger partial charge in [0, 0.05) is 9.99 Å². The quantitative estimate of drug-likeness (QED) is 0.631. The number of methoxy groups -OCH3 is 2. The lowest BCUT2D eigenvalue weighted by molar-refractivity contribution is -0.140. The minimum atomic E-state index is -0.198.